The van der Waals surface area contributed by atoms with Gasteiger partial charge in [0.1, 0.15) is 5.82 Å². The zero-order chi connectivity index (χ0) is 32.3. The molecule has 10 nitrogen and oxygen atoms in total. The molecule has 2 aliphatic heterocycles. The molecule has 1 saturated carbocycles. The van der Waals surface area contributed by atoms with E-state index in [-0.39, 0.29) is 18.3 Å². The Morgan fingerprint density at radius 2 is 1.74 bits per heavy atom. The largest absolute Gasteiger partial charge is 0.413 e. The van der Waals surface area contributed by atoms with E-state index in [4.69, 9.17) is 15.5 Å². The first-order chi connectivity index (χ1) is 22.1. The second-order valence-electron chi connectivity index (χ2n) is 11.6. The number of pyridine rings is 1. The van der Waals surface area contributed by atoms with Crippen LogP contribution in [0.1, 0.15) is 30.4 Å². The molecule has 2 aromatic heterocycles. The molecule has 2 amide bonds. The lowest BCUT2D eigenvalue weighted by atomic mass is 9.98. The zero-order valence-corrected chi connectivity index (χ0v) is 25.1. The van der Waals surface area contributed by atoms with Crippen LogP contribution in [0.15, 0.2) is 66.5 Å². The van der Waals surface area contributed by atoms with Gasteiger partial charge in [-0.15, -0.1) is 0 Å². The monoisotopic (exact) mass is 633 g/mol. The van der Waals surface area contributed by atoms with Gasteiger partial charge in [0.15, 0.2) is 0 Å². The van der Waals surface area contributed by atoms with Crippen LogP contribution in [-0.4, -0.2) is 77.2 Å². The number of aromatic nitrogens is 3. The molecular formula is C33H34F3N7O3. The topological polar surface area (TPSA) is 127 Å². The minimum atomic E-state index is -4.52. The van der Waals surface area contributed by atoms with Crippen molar-refractivity contribution in [1.82, 2.24) is 19.9 Å². The lowest BCUT2D eigenvalue weighted by molar-refractivity contribution is -0.130. The SMILES string of the molecule is Nc1ncc(-c2cc(C3=CCN(C(=O)Cc4ccc(NC(=O)/C=C(\C5CC5)C(F)(F)F)cc4)CC3)cc(N3CCOCC3)n2)cn1. The summed E-state index contributed by atoms with van der Waals surface area (Å²) >= 11 is 0. The Bertz CT molecular complexity index is 1650. The minimum Gasteiger partial charge on any atom is -0.378 e. The Labute approximate surface area is 264 Å². The Kier molecular flexibility index (Phi) is 9.02. The van der Waals surface area contributed by atoms with E-state index in [2.05, 4.69) is 32.3 Å². The summed E-state index contributed by atoms with van der Waals surface area (Å²) in [4.78, 5) is 42.5. The Hall–Kier alpha value is -4.78. The number of rotatable bonds is 8. The Morgan fingerprint density at radius 3 is 2.37 bits per heavy atom. The van der Waals surface area contributed by atoms with Crippen LogP contribution < -0.4 is 16.0 Å². The second-order valence-corrected chi connectivity index (χ2v) is 11.6. The van der Waals surface area contributed by atoms with Gasteiger partial charge in [-0.05, 0) is 66.1 Å². The first-order valence-corrected chi connectivity index (χ1v) is 15.2. The van der Waals surface area contributed by atoms with E-state index in [1.54, 1.807) is 41.6 Å². The van der Waals surface area contributed by atoms with Crippen molar-refractivity contribution in [3.63, 3.8) is 0 Å². The summed E-state index contributed by atoms with van der Waals surface area (Å²) in [7, 11) is 0. The van der Waals surface area contributed by atoms with Crippen molar-refractivity contribution in [2.45, 2.75) is 31.9 Å². The maximum absolute atomic E-state index is 13.2. The number of hydrogen-bond donors (Lipinski definition) is 2. The molecule has 240 valence electrons. The van der Waals surface area contributed by atoms with Crippen LogP contribution in [0.4, 0.5) is 30.6 Å². The molecule has 13 heteroatoms. The molecule has 0 spiro atoms. The number of hydrogen-bond acceptors (Lipinski definition) is 8. The molecule has 0 atom stereocenters. The van der Waals surface area contributed by atoms with Gasteiger partial charge in [0.2, 0.25) is 17.8 Å². The average Bonchev–Trinajstić information content (AvgIpc) is 3.90. The number of carbonyl (C=O) groups is 2. The van der Waals surface area contributed by atoms with E-state index in [1.165, 1.54) is 0 Å². The van der Waals surface area contributed by atoms with Gasteiger partial charge in [0.05, 0.1) is 25.3 Å². The molecule has 4 heterocycles. The van der Waals surface area contributed by atoms with Gasteiger partial charge < -0.3 is 25.6 Å². The van der Waals surface area contributed by atoms with Crippen molar-refractivity contribution < 1.29 is 27.5 Å². The highest BCUT2D eigenvalue weighted by Crippen LogP contribution is 2.44. The number of morpholine rings is 1. The van der Waals surface area contributed by atoms with E-state index in [9.17, 15) is 22.8 Å². The summed E-state index contributed by atoms with van der Waals surface area (Å²) < 4.78 is 45.2. The van der Waals surface area contributed by atoms with Crippen LogP contribution >= 0.6 is 0 Å². The number of halogens is 3. The fraction of sp³-hybridized carbons (Fsp3) is 0.364. The minimum absolute atomic E-state index is 0.0438. The van der Waals surface area contributed by atoms with Crippen LogP contribution in [0.3, 0.4) is 0 Å². The van der Waals surface area contributed by atoms with Gasteiger partial charge in [-0.3, -0.25) is 9.59 Å². The van der Waals surface area contributed by atoms with Gasteiger partial charge in [0, 0.05) is 61.5 Å². The molecule has 1 aromatic carbocycles. The molecule has 1 saturated heterocycles. The van der Waals surface area contributed by atoms with E-state index in [1.807, 2.05) is 6.07 Å². The molecule has 0 bridgehead atoms. The van der Waals surface area contributed by atoms with Gasteiger partial charge in [0.25, 0.3) is 0 Å². The molecule has 1 aliphatic carbocycles. The number of anilines is 3. The summed E-state index contributed by atoms with van der Waals surface area (Å²) in [5.74, 6) is -0.433. The van der Waals surface area contributed by atoms with Crippen LogP contribution in [0, 0.1) is 5.92 Å². The number of ether oxygens (including phenoxy) is 1. The molecule has 6 rings (SSSR count). The van der Waals surface area contributed by atoms with Gasteiger partial charge in [-0.1, -0.05) is 18.2 Å². The fourth-order valence-corrected chi connectivity index (χ4v) is 5.57. The third-order valence-corrected chi connectivity index (χ3v) is 8.26. The molecule has 3 aliphatic rings. The third kappa shape index (κ3) is 7.71. The first-order valence-electron chi connectivity index (χ1n) is 15.2. The fourth-order valence-electron chi connectivity index (χ4n) is 5.57. The highest BCUT2D eigenvalue weighted by atomic mass is 19.4. The lowest BCUT2D eigenvalue weighted by Crippen LogP contribution is -2.37. The second kappa shape index (κ2) is 13.3. The van der Waals surface area contributed by atoms with Crippen molar-refractivity contribution in [3.05, 3.63) is 77.6 Å². The van der Waals surface area contributed by atoms with Crippen molar-refractivity contribution in [2.24, 2.45) is 5.92 Å². The molecule has 2 fully saturated rings. The summed E-state index contributed by atoms with van der Waals surface area (Å²) in [6.45, 7) is 3.72. The molecular weight excluding hydrogens is 599 g/mol. The van der Waals surface area contributed by atoms with E-state index >= 15 is 0 Å². The maximum Gasteiger partial charge on any atom is 0.413 e. The van der Waals surface area contributed by atoms with Crippen LogP contribution in [0.25, 0.3) is 16.8 Å². The molecule has 3 N–H and O–H groups in total. The zero-order valence-electron chi connectivity index (χ0n) is 25.1. The van der Waals surface area contributed by atoms with Crippen LogP contribution in [-0.2, 0) is 20.7 Å². The number of nitrogen functional groups attached to an aromatic ring is 1. The number of nitrogens with one attached hydrogen (secondary N) is 1. The van der Waals surface area contributed by atoms with Crippen LogP contribution in [0.2, 0.25) is 0 Å². The van der Waals surface area contributed by atoms with E-state index in [0.717, 1.165) is 46.9 Å². The standard InChI is InChI=1S/C33H34F3N7O3/c34-33(35,36)27(23-3-4-23)18-30(44)40-26-5-1-21(2-6-26)15-31(45)43-9-7-22(8-10-43)24-16-28(25-19-38-32(37)39-20-25)41-29(17-24)42-11-13-46-14-12-42/h1-2,5-7,16-20,23H,3-4,8-15H2,(H,40,44)(H2,37,38,39)/b27-18+. The Balaban J connectivity index is 1.10. The summed E-state index contributed by atoms with van der Waals surface area (Å²) in [5.41, 5.74) is 9.62. The average molecular weight is 634 g/mol. The number of allylic oxidation sites excluding steroid dienone is 1. The summed E-state index contributed by atoms with van der Waals surface area (Å²) in [6.07, 6.45) is 3.21. The molecule has 3 aromatic rings. The number of alkyl halides is 3. The van der Waals surface area contributed by atoms with Gasteiger partial charge in [-0.2, -0.15) is 13.2 Å². The highest BCUT2D eigenvalue weighted by Gasteiger charge is 2.43. The Morgan fingerprint density at radius 1 is 1.02 bits per heavy atom. The molecule has 0 radical (unpaired) electrons. The first kappa shape index (κ1) is 31.2. The summed E-state index contributed by atoms with van der Waals surface area (Å²) in [6, 6.07) is 10.6. The predicted molar refractivity (Wildman–Crippen MR) is 168 cm³/mol. The number of nitrogens with two attached hydrogens (primary N) is 1. The number of nitrogens with zero attached hydrogens (tertiary/aromatic N) is 5. The van der Waals surface area contributed by atoms with E-state index < -0.39 is 23.6 Å². The van der Waals surface area contributed by atoms with Gasteiger partial charge >= 0.3 is 6.18 Å². The highest BCUT2D eigenvalue weighted by molar-refractivity contribution is 6.00. The number of benzene rings is 1. The lowest BCUT2D eigenvalue weighted by Gasteiger charge is -2.30. The summed E-state index contributed by atoms with van der Waals surface area (Å²) in [5, 5.41) is 2.49. The van der Waals surface area contributed by atoms with E-state index in [0.29, 0.717) is 57.3 Å². The van der Waals surface area contributed by atoms with Crippen molar-refractivity contribution >= 4 is 34.8 Å². The number of carbonyl (C=O) groups excluding carboxylic acids is 2. The van der Waals surface area contributed by atoms with Crippen LogP contribution in [0.5, 0.6) is 0 Å². The predicted octanol–water partition coefficient (Wildman–Crippen LogP) is 4.65. The number of amides is 2. The van der Waals surface area contributed by atoms with Crippen molar-refractivity contribution in [1.29, 1.82) is 0 Å². The van der Waals surface area contributed by atoms with Crippen molar-refractivity contribution in [3.8, 4) is 11.3 Å². The molecule has 0 unspecified atom stereocenters. The third-order valence-electron chi connectivity index (χ3n) is 8.26. The van der Waals surface area contributed by atoms with Crippen molar-refractivity contribution in [2.75, 3.05) is 55.3 Å². The quantitative estimate of drug-likeness (QED) is 0.344. The normalized spacial score (nSPS) is 17.5. The van der Waals surface area contributed by atoms with Gasteiger partial charge in [-0.25, -0.2) is 15.0 Å². The molecule has 46 heavy (non-hydrogen) atoms. The maximum atomic E-state index is 13.2. The smallest absolute Gasteiger partial charge is 0.378 e.